The van der Waals surface area contributed by atoms with Gasteiger partial charge < -0.3 is 0 Å². The maximum absolute atomic E-state index is 11.0. The molecule has 1 aromatic rings. The van der Waals surface area contributed by atoms with Crippen LogP contribution in [0.25, 0.3) is 0 Å². The molecule has 1 aromatic heterocycles. The number of H-pyrrole nitrogens is 1. The number of carbonyl (C=O) groups excluding carboxylic acids is 1. The third kappa shape index (κ3) is 3.05. The second-order valence-corrected chi connectivity index (χ2v) is 3.82. The highest BCUT2D eigenvalue weighted by Crippen LogP contribution is 2.11. The minimum absolute atomic E-state index is 0.0699. The Morgan fingerprint density at radius 2 is 2.20 bits per heavy atom. The van der Waals surface area contributed by atoms with Crippen LogP contribution in [0.2, 0.25) is 0 Å². The van der Waals surface area contributed by atoms with Crippen LogP contribution in [0.15, 0.2) is 14.7 Å². The molecule has 0 fully saturated rings. The topological polar surface area (TPSA) is 84.8 Å². The van der Waals surface area contributed by atoms with Crippen LogP contribution in [0.1, 0.15) is 13.3 Å². The first-order valence-corrected chi connectivity index (χ1v) is 5.35. The molecule has 0 spiro atoms. The number of hydrogen-bond acceptors (Lipinski definition) is 5. The molecule has 0 aliphatic rings. The summed E-state index contributed by atoms with van der Waals surface area (Å²) < 4.78 is 1.33. The molecule has 0 atom stereocenters. The van der Waals surface area contributed by atoms with Crippen LogP contribution in [0.5, 0.6) is 0 Å². The molecule has 0 saturated carbocycles. The lowest BCUT2D eigenvalue weighted by Crippen LogP contribution is -2.34. The predicted octanol–water partition coefficient (Wildman–Crippen LogP) is -0.460. The van der Waals surface area contributed by atoms with E-state index in [1.165, 1.54) is 4.68 Å². The van der Waals surface area contributed by atoms with E-state index in [2.05, 4.69) is 10.1 Å². The van der Waals surface area contributed by atoms with Crippen LogP contribution >= 0.6 is 11.8 Å². The molecule has 0 saturated heterocycles. The number of rotatable bonds is 4. The minimum Gasteiger partial charge on any atom is -0.299 e. The van der Waals surface area contributed by atoms with Gasteiger partial charge in [0.15, 0.2) is 5.16 Å². The van der Waals surface area contributed by atoms with Gasteiger partial charge in [-0.15, -0.1) is 0 Å². The predicted molar refractivity (Wildman–Crippen MR) is 56.1 cm³/mol. The molecule has 0 radical (unpaired) electrons. The summed E-state index contributed by atoms with van der Waals surface area (Å²) in [5.74, 6) is 0.323. The summed E-state index contributed by atoms with van der Waals surface area (Å²) in [6, 6.07) is 0. The Kier molecular flexibility index (Phi) is 3.84. The summed E-state index contributed by atoms with van der Waals surface area (Å²) in [5.41, 5.74) is -1.59. The van der Waals surface area contributed by atoms with Gasteiger partial charge in [-0.2, -0.15) is 4.98 Å². The fourth-order valence-electron chi connectivity index (χ4n) is 0.837. The van der Waals surface area contributed by atoms with Gasteiger partial charge in [0.25, 0.3) is 0 Å². The summed E-state index contributed by atoms with van der Waals surface area (Å²) in [6.45, 7) is 1.77. The Morgan fingerprint density at radius 1 is 1.53 bits per heavy atom. The van der Waals surface area contributed by atoms with E-state index in [1.807, 2.05) is 0 Å². The van der Waals surface area contributed by atoms with Gasteiger partial charge in [0.2, 0.25) is 0 Å². The monoisotopic (exact) mass is 229 g/mol. The van der Waals surface area contributed by atoms with Gasteiger partial charge in [-0.3, -0.25) is 24.2 Å². The van der Waals surface area contributed by atoms with Gasteiger partial charge in [0.05, 0.1) is 5.75 Å². The molecule has 1 heterocycles. The molecule has 0 aliphatic carbocycles. The number of Topliss-reactive ketones (excluding diaryl/α,β-unsaturated/α-hetero) is 1. The van der Waals surface area contributed by atoms with Crippen LogP contribution in [0.4, 0.5) is 0 Å². The van der Waals surface area contributed by atoms with Crippen molar-refractivity contribution in [1.29, 1.82) is 0 Å². The molecular weight excluding hydrogens is 218 g/mol. The summed E-state index contributed by atoms with van der Waals surface area (Å²) in [6.07, 6.45) is 0.449. The van der Waals surface area contributed by atoms with E-state index < -0.39 is 11.1 Å². The number of hydrogen-bond donors (Lipinski definition) is 1. The van der Waals surface area contributed by atoms with E-state index in [0.29, 0.717) is 11.6 Å². The van der Waals surface area contributed by atoms with Crippen molar-refractivity contribution < 1.29 is 4.79 Å². The number of nitrogens with one attached hydrogen (secondary N) is 1. The van der Waals surface area contributed by atoms with Gasteiger partial charge in [0, 0.05) is 13.5 Å². The molecule has 6 nitrogen and oxygen atoms in total. The van der Waals surface area contributed by atoms with Crippen molar-refractivity contribution in [3.63, 3.8) is 0 Å². The van der Waals surface area contributed by atoms with Gasteiger partial charge in [-0.1, -0.05) is 18.7 Å². The number of ketones is 1. The van der Waals surface area contributed by atoms with Crippen LogP contribution in [0.3, 0.4) is 0 Å². The fourth-order valence-corrected chi connectivity index (χ4v) is 1.72. The maximum Gasteiger partial charge on any atom is 0.339 e. The van der Waals surface area contributed by atoms with E-state index in [9.17, 15) is 14.4 Å². The first-order valence-electron chi connectivity index (χ1n) is 4.36. The Balaban J connectivity index is 2.87. The highest BCUT2D eigenvalue weighted by atomic mass is 32.2. The second-order valence-electron chi connectivity index (χ2n) is 2.88. The fraction of sp³-hybridized carbons (Fsp3) is 0.500. The smallest absolute Gasteiger partial charge is 0.299 e. The number of aromatic nitrogens is 3. The third-order valence-corrected chi connectivity index (χ3v) is 2.79. The van der Waals surface area contributed by atoms with E-state index >= 15 is 0 Å². The van der Waals surface area contributed by atoms with E-state index in [0.717, 1.165) is 11.8 Å². The number of thioether (sulfide) groups is 1. The molecule has 1 N–H and O–H groups in total. The number of aromatic amines is 1. The lowest BCUT2D eigenvalue weighted by Gasteiger charge is -2.04. The second kappa shape index (κ2) is 4.92. The van der Waals surface area contributed by atoms with E-state index in [-0.39, 0.29) is 11.5 Å². The summed E-state index contributed by atoms with van der Waals surface area (Å²) in [4.78, 5) is 36.4. The van der Waals surface area contributed by atoms with Crippen molar-refractivity contribution >= 4 is 17.5 Å². The molecule has 1 rings (SSSR count). The van der Waals surface area contributed by atoms with Gasteiger partial charge in [-0.25, -0.2) is 0 Å². The SMILES string of the molecule is CCC(=O)CSc1nc(=O)c(=O)[nH]n1C. The quantitative estimate of drug-likeness (QED) is 0.558. The van der Waals surface area contributed by atoms with Crippen molar-refractivity contribution in [3.8, 4) is 0 Å². The normalized spacial score (nSPS) is 10.3. The molecule has 82 valence electrons. The van der Waals surface area contributed by atoms with Crippen molar-refractivity contribution in [2.75, 3.05) is 5.75 Å². The Morgan fingerprint density at radius 3 is 2.80 bits per heavy atom. The largest absolute Gasteiger partial charge is 0.339 e. The molecule has 0 unspecified atom stereocenters. The number of nitrogens with zero attached hydrogens (tertiary/aromatic N) is 2. The van der Waals surface area contributed by atoms with Gasteiger partial charge in [-0.05, 0) is 0 Å². The highest BCUT2D eigenvalue weighted by Gasteiger charge is 2.06. The Bertz CT molecular complexity index is 477. The first-order chi connectivity index (χ1) is 7.04. The standard InChI is InChI=1S/C8H11N3O3S/c1-3-5(12)4-15-8-9-6(13)7(14)10-11(8)2/h3-4H2,1-2H3,(H,10,14). The highest BCUT2D eigenvalue weighted by molar-refractivity contribution is 7.99. The van der Waals surface area contributed by atoms with E-state index in [4.69, 9.17) is 0 Å². The summed E-state index contributed by atoms with van der Waals surface area (Å²) in [5, 5.41) is 2.64. The van der Waals surface area contributed by atoms with Crippen LogP contribution in [0, 0.1) is 0 Å². The molecule has 0 aromatic carbocycles. The molecule has 0 bridgehead atoms. The average molecular weight is 229 g/mol. The van der Waals surface area contributed by atoms with Crippen molar-refractivity contribution in [1.82, 2.24) is 14.8 Å². The van der Waals surface area contributed by atoms with Crippen LogP contribution in [-0.2, 0) is 11.8 Å². The minimum atomic E-state index is -0.834. The maximum atomic E-state index is 11.0. The zero-order valence-corrected chi connectivity index (χ0v) is 9.26. The molecule has 15 heavy (non-hydrogen) atoms. The molecule has 7 heteroatoms. The van der Waals surface area contributed by atoms with Crippen molar-refractivity contribution in [2.24, 2.45) is 7.05 Å². The summed E-state index contributed by atoms with van der Waals surface area (Å²) >= 11 is 1.13. The Labute approximate surface area is 89.7 Å². The molecule has 0 amide bonds. The number of carbonyl (C=O) groups is 1. The zero-order valence-electron chi connectivity index (χ0n) is 8.44. The third-order valence-electron chi connectivity index (χ3n) is 1.70. The van der Waals surface area contributed by atoms with Gasteiger partial charge in [0.1, 0.15) is 5.78 Å². The lowest BCUT2D eigenvalue weighted by atomic mass is 10.4. The zero-order chi connectivity index (χ0) is 11.4. The van der Waals surface area contributed by atoms with E-state index in [1.54, 1.807) is 14.0 Å². The van der Waals surface area contributed by atoms with Gasteiger partial charge >= 0.3 is 11.1 Å². The number of aryl methyl sites for hydroxylation is 1. The summed E-state index contributed by atoms with van der Waals surface area (Å²) in [7, 11) is 1.56. The van der Waals surface area contributed by atoms with Crippen LogP contribution in [-0.4, -0.2) is 26.3 Å². The Hall–Kier alpha value is -1.37. The van der Waals surface area contributed by atoms with Crippen molar-refractivity contribution in [3.05, 3.63) is 20.7 Å². The molecule has 0 aliphatic heterocycles. The average Bonchev–Trinajstić information content (AvgIpc) is 2.21. The first kappa shape index (κ1) is 11.7. The lowest BCUT2D eigenvalue weighted by molar-refractivity contribution is -0.116. The van der Waals surface area contributed by atoms with Crippen molar-refractivity contribution in [2.45, 2.75) is 18.5 Å². The molecular formula is C8H11N3O3S. The van der Waals surface area contributed by atoms with Crippen LogP contribution < -0.4 is 11.1 Å².